The molecule has 3 rings (SSSR count). The van der Waals surface area contributed by atoms with Gasteiger partial charge in [-0.15, -0.1) is 0 Å². The second-order valence-electron chi connectivity index (χ2n) is 7.04. The third-order valence-electron chi connectivity index (χ3n) is 5.33. The zero-order chi connectivity index (χ0) is 16.1. The Kier molecular flexibility index (Phi) is 5.89. The molecule has 6 heteroatoms. The lowest BCUT2D eigenvalue weighted by Crippen LogP contribution is -2.43. The summed E-state index contributed by atoms with van der Waals surface area (Å²) in [4.78, 5) is 28.7. The average Bonchev–Trinajstić information content (AvgIpc) is 2.96. The molecule has 23 heavy (non-hydrogen) atoms. The Hall–Kier alpha value is -1.14. The maximum absolute atomic E-state index is 12.4. The van der Waals surface area contributed by atoms with E-state index in [-0.39, 0.29) is 17.7 Å². The van der Waals surface area contributed by atoms with Crippen LogP contribution in [0, 0.1) is 5.92 Å². The quantitative estimate of drug-likeness (QED) is 0.805. The smallest absolute Gasteiger partial charge is 0.225 e. The molecule has 6 nitrogen and oxygen atoms in total. The summed E-state index contributed by atoms with van der Waals surface area (Å²) >= 11 is 0. The van der Waals surface area contributed by atoms with Crippen molar-refractivity contribution in [3.05, 3.63) is 0 Å². The molecule has 1 saturated carbocycles. The summed E-state index contributed by atoms with van der Waals surface area (Å²) in [6, 6.07) is 0.328. The molecule has 130 valence electrons. The Bertz CT molecular complexity index is 417. The van der Waals surface area contributed by atoms with Crippen LogP contribution in [0.15, 0.2) is 0 Å². The molecule has 1 atom stereocenters. The fourth-order valence-corrected chi connectivity index (χ4v) is 3.82. The van der Waals surface area contributed by atoms with Gasteiger partial charge in [0, 0.05) is 45.2 Å². The van der Waals surface area contributed by atoms with Crippen LogP contribution in [0.2, 0.25) is 0 Å². The number of nitrogens with zero attached hydrogens (tertiary/aromatic N) is 2. The second-order valence-corrected chi connectivity index (χ2v) is 7.04. The molecule has 0 bridgehead atoms. The average molecular weight is 323 g/mol. The summed E-state index contributed by atoms with van der Waals surface area (Å²) < 4.78 is 5.34. The molecule has 2 aliphatic heterocycles. The normalized spacial score (nSPS) is 27.4. The Labute approximate surface area is 138 Å². The van der Waals surface area contributed by atoms with Crippen molar-refractivity contribution in [2.24, 2.45) is 5.92 Å². The number of likely N-dealkylation sites (tertiary alicyclic amines) is 1. The summed E-state index contributed by atoms with van der Waals surface area (Å²) in [7, 11) is 0. The summed E-state index contributed by atoms with van der Waals surface area (Å²) in [6.45, 7) is 5.63. The molecule has 2 saturated heterocycles. The second kappa shape index (κ2) is 8.11. The van der Waals surface area contributed by atoms with Crippen LogP contribution in [0.1, 0.15) is 38.5 Å². The van der Waals surface area contributed by atoms with Crippen molar-refractivity contribution in [1.82, 2.24) is 15.1 Å². The first-order valence-corrected chi connectivity index (χ1v) is 9.10. The van der Waals surface area contributed by atoms with Gasteiger partial charge in [0.05, 0.1) is 19.1 Å². The lowest BCUT2D eigenvalue weighted by Gasteiger charge is -2.28. The molecule has 1 N–H and O–H groups in total. The molecule has 3 aliphatic rings. The van der Waals surface area contributed by atoms with E-state index in [9.17, 15) is 9.59 Å². The van der Waals surface area contributed by atoms with Gasteiger partial charge in [-0.25, -0.2) is 0 Å². The van der Waals surface area contributed by atoms with E-state index in [0.29, 0.717) is 19.0 Å². The van der Waals surface area contributed by atoms with E-state index in [1.165, 1.54) is 19.3 Å². The number of hydrogen-bond donors (Lipinski definition) is 1. The minimum atomic E-state index is -0.158. The fourth-order valence-electron chi connectivity index (χ4n) is 3.82. The van der Waals surface area contributed by atoms with Gasteiger partial charge < -0.3 is 15.0 Å². The van der Waals surface area contributed by atoms with E-state index in [0.717, 1.165) is 52.2 Å². The van der Waals surface area contributed by atoms with Crippen molar-refractivity contribution in [2.75, 3.05) is 45.9 Å². The molecule has 2 heterocycles. The zero-order valence-corrected chi connectivity index (χ0v) is 14.0. The number of carbonyl (C=O) groups is 2. The van der Waals surface area contributed by atoms with Crippen molar-refractivity contribution in [1.29, 1.82) is 0 Å². The summed E-state index contributed by atoms with van der Waals surface area (Å²) in [5.41, 5.74) is 0. The molecule has 2 amide bonds. The van der Waals surface area contributed by atoms with Crippen molar-refractivity contribution in [2.45, 2.75) is 44.6 Å². The molecule has 1 aliphatic carbocycles. The molecule has 0 aromatic rings. The SMILES string of the molecule is O=C(NC1CCCCC1)C1CC(=O)N(CCN2CCOCC2)C1. The van der Waals surface area contributed by atoms with Crippen LogP contribution in [0.3, 0.4) is 0 Å². The third-order valence-corrected chi connectivity index (χ3v) is 5.33. The number of morpholine rings is 1. The minimum Gasteiger partial charge on any atom is -0.379 e. The Balaban J connectivity index is 1.41. The molecule has 0 aromatic carbocycles. The molecule has 0 aromatic heterocycles. The van der Waals surface area contributed by atoms with Crippen LogP contribution in [-0.2, 0) is 14.3 Å². The van der Waals surface area contributed by atoms with Gasteiger partial charge in [-0.05, 0) is 12.8 Å². The van der Waals surface area contributed by atoms with Crippen LogP contribution in [0.25, 0.3) is 0 Å². The predicted molar refractivity (Wildman–Crippen MR) is 87.0 cm³/mol. The van der Waals surface area contributed by atoms with Crippen LogP contribution >= 0.6 is 0 Å². The van der Waals surface area contributed by atoms with Gasteiger partial charge in [0.2, 0.25) is 11.8 Å². The lowest BCUT2D eigenvalue weighted by atomic mass is 9.95. The summed E-state index contributed by atoms with van der Waals surface area (Å²) in [6.07, 6.45) is 6.26. The number of nitrogens with one attached hydrogen (secondary N) is 1. The van der Waals surface area contributed by atoms with Gasteiger partial charge in [-0.1, -0.05) is 19.3 Å². The van der Waals surface area contributed by atoms with Crippen molar-refractivity contribution >= 4 is 11.8 Å². The van der Waals surface area contributed by atoms with Crippen LogP contribution in [-0.4, -0.2) is 73.6 Å². The fraction of sp³-hybridized carbons (Fsp3) is 0.882. The maximum atomic E-state index is 12.4. The van der Waals surface area contributed by atoms with Gasteiger partial charge in [-0.2, -0.15) is 0 Å². The maximum Gasteiger partial charge on any atom is 0.225 e. The summed E-state index contributed by atoms with van der Waals surface area (Å²) in [5.74, 6) is 0.0512. The first kappa shape index (κ1) is 16.7. The highest BCUT2D eigenvalue weighted by molar-refractivity contribution is 5.89. The Morgan fingerprint density at radius 1 is 1.13 bits per heavy atom. The van der Waals surface area contributed by atoms with E-state index < -0.39 is 0 Å². The molecular formula is C17H29N3O3. The van der Waals surface area contributed by atoms with Gasteiger partial charge >= 0.3 is 0 Å². The first-order valence-electron chi connectivity index (χ1n) is 9.10. The van der Waals surface area contributed by atoms with Crippen LogP contribution in [0.4, 0.5) is 0 Å². The van der Waals surface area contributed by atoms with Gasteiger partial charge in [0.1, 0.15) is 0 Å². The van der Waals surface area contributed by atoms with Gasteiger partial charge in [0.15, 0.2) is 0 Å². The molecule has 0 radical (unpaired) electrons. The van der Waals surface area contributed by atoms with E-state index in [1.54, 1.807) is 0 Å². The Morgan fingerprint density at radius 3 is 2.61 bits per heavy atom. The van der Waals surface area contributed by atoms with Crippen molar-refractivity contribution in [3.63, 3.8) is 0 Å². The van der Waals surface area contributed by atoms with E-state index in [2.05, 4.69) is 10.2 Å². The topological polar surface area (TPSA) is 61.9 Å². The van der Waals surface area contributed by atoms with Gasteiger partial charge in [-0.3, -0.25) is 14.5 Å². The Morgan fingerprint density at radius 2 is 1.87 bits per heavy atom. The number of amides is 2. The summed E-state index contributed by atoms with van der Waals surface area (Å²) in [5, 5.41) is 3.16. The predicted octanol–water partition coefficient (Wildman–Crippen LogP) is 0.616. The highest BCUT2D eigenvalue weighted by atomic mass is 16.5. The highest BCUT2D eigenvalue weighted by Crippen LogP contribution is 2.21. The monoisotopic (exact) mass is 323 g/mol. The van der Waals surface area contributed by atoms with Gasteiger partial charge in [0.25, 0.3) is 0 Å². The van der Waals surface area contributed by atoms with Crippen molar-refractivity contribution in [3.8, 4) is 0 Å². The van der Waals surface area contributed by atoms with E-state index >= 15 is 0 Å². The minimum absolute atomic E-state index is 0.0825. The molecule has 0 spiro atoms. The van der Waals surface area contributed by atoms with Crippen molar-refractivity contribution < 1.29 is 14.3 Å². The number of rotatable bonds is 5. The van der Waals surface area contributed by atoms with Crippen LogP contribution < -0.4 is 5.32 Å². The van der Waals surface area contributed by atoms with E-state index in [4.69, 9.17) is 4.74 Å². The zero-order valence-electron chi connectivity index (χ0n) is 14.0. The molecule has 1 unspecified atom stereocenters. The van der Waals surface area contributed by atoms with Crippen LogP contribution in [0.5, 0.6) is 0 Å². The highest BCUT2D eigenvalue weighted by Gasteiger charge is 2.35. The third kappa shape index (κ3) is 4.67. The number of carbonyl (C=O) groups excluding carboxylic acids is 2. The number of hydrogen-bond acceptors (Lipinski definition) is 4. The standard InChI is InChI=1S/C17H29N3O3/c21-16-12-14(17(22)18-15-4-2-1-3-5-15)13-20(16)7-6-19-8-10-23-11-9-19/h14-15H,1-13H2,(H,18,22). The first-order chi connectivity index (χ1) is 11.2. The van der Waals surface area contributed by atoms with E-state index in [1.807, 2.05) is 4.90 Å². The number of ether oxygens (including phenoxy) is 1. The largest absolute Gasteiger partial charge is 0.379 e. The molecular weight excluding hydrogens is 294 g/mol. The molecule has 3 fully saturated rings. The lowest BCUT2D eigenvalue weighted by molar-refractivity contribution is -0.129.